The maximum atomic E-state index is 11.7. The van der Waals surface area contributed by atoms with Gasteiger partial charge in [-0.3, -0.25) is 4.74 Å². The van der Waals surface area contributed by atoms with Crippen molar-refractivity contribution in [1.29, 1.82) is 0 Å². The highest BCUT2D eigenvalue weighted by Gasteiger charge is 2.28. The van der Waals surface area contributed by atoms with Crippen molar-refractivity contribution < 1.29 is 27.8 Å². The molecule has 0 aliphatic heterocycles. The summed E-state index contributed by atoms with van der Waals surface area (Å²) in [6.45, 7) is -0.739. The van der Waals surface area contributed by atoms with Crippen molar-refractivity contribution in [3.63, 3.8) is 0 Å². The molecule has 1 aliphatic rings. The standard InChI is InChI=1S/C13H15F3O3/c14-13(15,16)19-7-6-18-10-5-4-9-2-1-3-12(17)11(9)8-10/h4-5,8,12,17H,1-3,6-7H2. The monoisotopic (exact) mass is 276 g/mol. The van der Waals surface area contributed by atoms with Gasteiger partial charge in [-0.15, -0.1) is 13.2 Å². The molecule has 0 amide bonds. The second-order valence-electron chi connectivity index (χ2n) is 4.41. The summed E-state index contributed by atoms with van der Waals surface area (Å²) in [6.07, 6.45) is -2.60. The van der Waals surface area contributed by atoms with E-state index in [0.717, 1.165) is 24.0 Å². The van der Waals surface area contributed by atoms with Gasteiger partial charge in [0.15, 0.2) is 0 Å². The quantitative estimate of drug-likeness (QED) is 0.859. The van der Waals surface area contributed by atoms with Crippen LogP contribution in [0.4, 0.5) is 13.2 Å². The maximum Gasteiger partial charge on any atom is 0.522 e. The van der Waals surface area contributed by atoms with E-state index in [1.54, 1.807) is 12.1 Å². The zero-order chi connectivity index (χ0) is 13.9. The lowest BCUT2D eigenvalue weighted by Crippen LogP contribution is -2.18. The third-order valence-electron chi connectivity index (χ3n) is 3.02. The number of aryl methyl sites for hydroxylation is 1. The summed E-state index contributed by atoms with van der Waals surface area (Å²) in [4.78, 5) is 0. The van der Waals surface area contributed by atoms with E-state index in [1.807, 2.05) is 6.07 Å². The van der Waals surface area contributed by atoms with Crippen LogP contribution in [-0.2, 0) is 11.2 Å². The van der Waals surface area contributed by atoms with Crippen molar-refractivity contribution in [2.45, 2.75) is 31.7 Å². The van der Waals surface area contributed by atoms with E-state index in [-0.39, 0.29) is 6.61 Å². The summed E-state index contributed by atoms with van der Waals surface area (Å²) in [5, 5.41) is 9.84. The van der Waals surface area contributed by atoms with Crippen LogP contribution in [0.5, 0.6) is 5.75 Å². The van der Waals surface area contributed by atoms with Crippen LogP contribution >= 0.6 is 0 Å². The number of ether oxygens (including phenoxy) is 2. The Morgan fingerprint density at radius 3 is 2.79 bits per heavy atom. The van der Waals surface area contributed by atoms with Gasteiger partial charge >= 0.3 is 6.36 Å². The van der Waals surface area contributed by atoms with Crippen molar-refractivity contribution in [3.05, 3.63) is 29.3 Å². The Kier molecular flexibility index (Phi) is 4.31. The molecule has 6 heteroatoms. The molecule has 1 unspecified atom stereocenters. The van der Waals surface area contributed by atoms with E-state index in [2.05, 4.69) is 4.74 Å². The van der Waals surface area contributed by atoms with Crippen molar-refractivity contribution in [2.75, 3.05) is 13.2 Å². The molecule has 19 heavy (non-hydrogen) atoms. The minimum absolute atomic E-state index is 0.186. The largest absolute Gasteiger partial charge is 0.522 e. The van der Waals surface area contributed by atoms with Crippen LogP contribution in [0.15, 0.2) is 18.2 Å². The number of hydrogen-bond donors (Lipinski definition) is 1. The Morgan fingerprint density at radius 2 is 2.05 bits per heavy atom. The van der Waals surface area contributed by atoms with Gasteiger partial charge in [-0.05, 0) is 42.5 Å². The summed E-state index contributed by atoms with van der Waals surface area (Å²) in [5.74, 6) is 0.450. The van der Waals surface area contributed by atoms with Gasteiger partial charge in [0.25, 0.3) is 0 Å². The van der Waals surface area contributed by atoms with E-state index >= 15 is 0 Å². The Balaban J connectivity index is 1.89. The first-order chi connectivity index (χ1) is 8.96. The van der Waals surface area contributed by atoms with Crippen LogP contribution in [0.3, 0.4) is 0 Å². The average Bonchev–Trinajstić information content (AvgIpc) is 2.34. The van der Waals surface area contributed by atoms with Crippen LogP contribution < -0.4 is 4.74 Å². The van der Waals surface area contributed by atoms with Crippen LogP contribution in [0.2, 0.25) is 0 Å². The predicted octanol–water partition coefficient (Wildman–Crippen LogP) is 2.97. The Bertz CT molecular complexity index is 432. The second kappa shape index (κ2) is 5.79. The fourth-order valence-electron chi connectivity index (χ4n) is 2.16. The summed E-state index contributed by atoms with van der Waals surface area (Å²) < 4.78 is 44.0. The van der Waals surface area contributed by atoms with Gasteiger partial charge in [-0.1, -0.05) is 6.07 Å². The summed E-state index contributed by atoms with van der Waals surface area (Å²) in [6, 6.07) is 5.23. The Labute approximate surface area is 108 Å². The fourth-order valence-corrected chi connectivity index (χ4v) is 2.16. The number of aliphatic hydroxyl groups excluding tert-OH is 1. The second-order valence-corrected chi connectivity index (χ2v) is 4.41. The molecule has 0 spiro atoms. The van der Waals surface area contributed by atoms with Crippen LogP contribution in [0, 0.1) is 0 Å². The fraction of sp³-hybridized carbons (Fsp3) is 0.538. The SMILES string of the molecule is OC1CCCc2ccc(OCCOC(F)(F)F)cc21. The number of alkyl halides is 3. The van der Waals surface area contributed by atoms with E-state index in [9.17, 15) is 18.3 Å². The van der Waals surface area contributed by atoms with E-state index in [0.29, 0.717) is 12.2 Å². The highest BCUT2D eigenvalue weighted by molar-refractivity contribution is 5.38. The smallest absolute Gasteiger partial charge is 0.491 e. The lowest BCUT2D eigenvalue weighted by atomic mass is 9.89. The molecule has 0 bridgehead atoms. The molecule has 1 aliphatic carbocycles. The molecule has 0 radical (unpaired) electrons. The summed E-state index contributed by atoms with van der Waals surface area (Å²) in [7, 11) is 0. The molecule has 0 heterocycles. The number of hydrogen-bond acceptors (Lipinski definition) is 3. The van der Waals surface area contributed by atoms with Crippen molar-refractivity contribution in [3.8, 4) is 5.75 Å². The van der Waals surface area contributed by atoms with Crippen LogP contribution in [-0.4, -0.2) is 24.7 Å². The van der Waals surface area contributed by atoms with Gasteiger partial charge in [0.05, 0.1) is 12.7 Å². The van der Waals surface area contributed by atoms with Gasteiger partial charge in [0.2, 0.25) is 0 Å². The van der Waals surface area contributed by atoms with E-state index < -0.39 is 19.1 Å². The molecule has 1 aromatic rings. The first-order valence-corrected chi connectivity index (χ1v) is 6.10. The molecule has 0 saturated carbocycles. The first-order valence-electron chi connectivity index (χ1n) is 6.10. The van der Waals surface area contributed by atoms with Crippen molar-refractivity contribution >= 4 is 0 Å². The summed E-state index contributed by atoms with van der Waals surface area (Å²) in [5.41, 5.74) is 1.87. The summed E-state index contributed by atoms with van der Waals surface area (Å²) >= 11 is 0. The minimum Gasteiger partial charge on any atom is -0.491 e. The highest BCUT2D eigenvalue weighted by Crippen LogP contribution is 2.32. The van der Waals surface area contributed by atoms with Gasteiger partial charge in [0.1, 0.15) is 12.4 Å². The molecule has 0 fully saturated rings. The maximum absolute atomic E-state index is 11.7. The lowest BCUT2D eigenvalue weighted by molar-refractivity contribution is -0.325. The molecule has 1 N–H and O–H groups in total. The van der Waals surface area contributed by atoms with Gasteiger partial charge in [0, 0.05) is 0 Å². The van der Waals surface area contributed by atoms with Gasteiger partial charge in [-0.25, -0.2) is 0 Å². The zero-order valence-corrected chi connectivity index (χ0v) is 10.2. The molecule has 2 rings (SSSR count). The molecular weight excluding hydrogens is 261 g/mol. The molecular formula is C13H15F3O3. The number of aliphatic hydroxyl groups is 1. The first kappa shape index (κ1) is 14.1. The van der Waals surface area contributed by atoms with E-state index in [4.69, 9.17) is 4.74 Å². The molecule has 106 valence electrons. The Hall–Kier alpha value is -1.27. The normalized spacial score (nSPS) is 19.1. The molecule has 3 nitrogen and oxygen atoms in total. The molecule has 0 aromatic heterocycles. The van der Waals surface area contributed by atoms with Crippen molar-refractivity contribution in [2.24, 2.45) is 0 Å². The van der Waals surface area contributed by atoms with Crippen LogP contribution in [0.25, 0.3) is 0 Å². The highest BCUT2D eigenvalue weighted by atomic mass is 19.4. The molecule has 1 aromatic carbocycles. The number of benzene rings is 1. The molecule has 1 atom stereocenters. The number of rotatable bonds is 4. The number of fused-ring (bicyclic) bond motifs is 1. The molecule has 0 saturated heterocycles. The third kappa shape index (κ3) is 4.11. The predicted molar refractivity (Wildman–Crippen MR) is 61.8 cm³/mol. The van der Waals surface area contributed by atoms with Gasteiger partial charge < -0.3 is 9.84 Å². The Morgan fingerprint density at radius 1 is 1.26 bits per heavy atom. The lowest BCUT2D eigenvalue weighted by Gasteiger charge is -2.22. The van der Waals surface area contributed by atoms with E-state index in [1.165, 1.54) is 0 Å². The van der Waals surface area contributed by atoms with Crippen LogP contribution in [0.1, 0.15) is 30.1 Å². The third-order valence-corrected chi connectivity index (χ3v) is 3.02. The zero-order valence-electron chi connectivity index (χ0n) is 10.2. The van der Waals surface area contributed by atoms with Gasteiger partial charge in [-0.2, -0.15) is 0 Å². The van der Waals surface area contributed by atoms with Crippen molar-refractivity contribution in [1.82, 2.24) is 0 Å². The topological polar surface area (TPSA) is 38.7 Å². The number of halogens is 3. The average molecular weight is 276 g/mol. The minimum atomic E-state index is -4.63.